The van der Waals surface area contributed by atoms with Gasteiger partial charge in [-0.2, -0.15) is 26.0 Å². The maximum atomic E-state index is 13.4. The summed E-state index contributed by atoms with van der Waals surface area (Å²) >= 11 is 0. The fourth-order valence-electron chi connectivity index (χ4n) is 3.59. The zero-order chi connectivity index (χ0) is 24.3. The number of fused-ring (bicyclic) bond motifs is 2. The number of rotatable bonds is 4. The van der Waals surface area contributed by atoms with Crippen LogP contribution >= 0.6 is 0 Å². The van der Waals surface area contributed by atoms with Crippen LogP contribution in [0.25, 0.3) is 16.8 Å². The molecule has 1 aromatic carbocycles. The average molecular weight is 490 g/mol. The SMILES string of the molecule is O=[N+]([O-])c1ccc2ncc(S(=O)(=O)N3NCc4ncc(-c5ccc(C(F)(F)F)cc5)cc43)n2c1. The Balaban J connectivity index is 1.55. The summed E-state index contributed by atoms with van der Waals surface area (Å²) in [6, 6.07) is 8.44. The van der Waals surface area contributed by atoms with E-state index in [0.717, 1.165) is 33.3 Å². The normalized spacial score (nSPS) is 13.9. The number of hydrazine groups is 1. The number of aromatic nitrogens is 3. The van der Waals surface area contributed by atoms with Crippen LogP contribution in [-0.2, 0) is 22.7 Å². The van der Waals surface area contributed by atoms with Gasteiger partial charge in [-0.3, -0.25) is 19.5 Å². The third-order valence-corrected chi connectivity index (χ3v) is 6.91. The van der Waals surface area contributed by atoms with Crippen molar-refractivity contribution in [2.45, 2.75) is 17.7 Å². The second-order valence-electron chi connectivity index (χ2n) is 7.34. The van der Waals surface area contributed by atoms with Crippen molar-refractivity contribution in [1.82, 2.24) is 19.8 Å². The highest BCUT2D eigenvalue weighted by Crippen LogP contribution is 2.35. The molecule has 1 aliphatic rings. The molecule has 0 aliphatic carbocycles. The quantitative estimate of drug-likeness (QED) is 0.343. The predicted molar refractivity (Wildman–Crippen MR) is 113 cm³/mol. The molecule has 0 bridgehead atoms. The fourth-order valence-corrected chi connectivity index (χ4v) is 5.01. The molecular formula is C20H13F3N6O4S. The number of benzene rings is 1. The summed E-state index contributed by atoms with van der Waals surface area (Å²) in [4.78, 5) is 18.7. The lowest BCUT2D eigenvalue weighted by Crippen LogP contribution is -2.38. The van der Waals surface area contributed by atoms with Crippen LogP contribution in [0.2, 0.25) is 0 Å². The van der Waals surface area contributed by atoms with E-state index in [9.17, 15) is 31.7 Å². The Morgan fingerprint density at radius 1 is 1.03 bits per heavy atom. The van der Waals surface area contributed by atoms with Crippen LogP contribution in [0.1, 0.15) is 11.3 Å². The second kappa shape index (κ2) is 7.50. The minimum atomic E-state index is -4.48. The molecule has 14 heteroatoms. The molecular weight excluding hydrogens is 477 g/mol. The molecule has 4 aromatic rings. The third kappa shape index (κ3) is 3.52. The van der Waals surface area contributed by atoms with E-state index >= 15 is 0 Å². The lowest BCUT2D eigenvalue weighted by Gasteiger charge is -2.19. The highest BCUT2D eigenvalue weighted by Gasteiger charge is 2.35. The standard InChI is InChI=1S/C20H13F3N6O4S/c21-20(22,23)14-3-1-12(2-4-14)13-7-17-16(24-8-13)9-26-28(17)34(32,33)19-10-25-18-6-5-15(29(30)31)11-27(18)19/h1-8,10-11,26H,9H2. The van der Waals surface area contributed by atoms with Gasteiger partial charge in [0.25, 0.3) is 15.7 Å². The number of nitrogens with one attached hydrogen (secondary N) is 1. The largest absolute Gasteiger partial charge is 0.416 e. The lowest BCUT2D eigenvalue weighted by molar-refractivity contribution is -0.385. The van der Waals surface area contributed by atoms with Crippen LogP contribution in [0, 0.1) is 10.1 Å². The fraction of sp³-hybridized carbons (Fsp3) is 0.100. The maximum absolute atomic E-state index is 13.4. The summed E-state index contributed by atoms with van der Waals surface area (Å²) in [5, 5.41) is 10.8. The minimum absolute atomic E-state index is 0.0821. The van der Waals surface area contributed by atoms with Crippen LogP contribution in [0.15, 0.2) is 66.1 Å². The van der Waals surface area contributed by atoms with Crippen LogP contribution in [0.5, 0.6) is 0 Å². The molecule has 0 amide bonds. The van der Waals surface area contributed by atoms with E-state index < -0.39 is 26.7 Å². The van der Waals surface area contributed by atoms with Crippen molar-refractivity contribution in [3.05, 3.63) is 82.4 Å². The van der Waals surface area contributed by atoms with Gasteiger partial charge in [0.15, 0.2) is 5.03 Å². The molecule has 0 atom stereocenters. The molecule has 1 aliphatic heterocycles. The van der Waals surface area contributed by atoms with E-state index in [1.165, 1.54) is 36.5 Å². The predicted octanol–water partition coefficient (Wildman–Crippen LogP) is 3.54. The topological polar surface area (TPSA) is 123 Å². The number of imidazole rings is 1. The zero-order valence-corrected chi connectivity index (χ0v) is 17.7. The first-order valence-corrected chi connectivity index (χ1v) is 11.1. The molecule has 0 fully saturated rings. The molecule has 0 unspecified atom stereocenters. The van der Waals surface area contributed by atoms with E-state index in [1.807, 2.05) is 0 Å². The lowest BCUT2D eigenvalue weighted by atomic mass is 10.0. The first-order valence-electron chi connectivity index (χ1n) is 9.62. The number of pyridine rings is 2. The van der Waals surface area contributed by atoms with Gasteiger partial charge in [-0.25, -0.2) is 10.4 Å². The number of alkyl halides is 3. The number of hydrogen-bond donors (Lipinski definition) is 1. The van der Waals surface area contributed by atoms with Crippen LogP contribution in [0.4, 0.5) is 24.5 Å². The van der Waals surface area contributed by atoms with Crippen molar-refractivity contribution in [3.63, 3.8) is 0 Å². The highest BCUT2D eigenvalue weighted by molar-refractivity contribution is 7.92. The van der Waals surface area contributed by atoms with Crippen LogP contribution in [0.3, 0.4) is 0 Å². The maximum Gasteiger partial charge on any atom is 0.416 e. The van der Waals surface area contributed by atoms with Gasteiger partial charge in [0, 0.05) is 17.8 Å². The molecule has 0 spiro atoms. The Morgan fingerprint density at radius 2 is 1.76 bits per heavy atom. The molecule has 0 radical (unpaired) electrons. The summed E-state index contributed by atoms with van der Waals surface area (Å²) in [7, 11) is -4.29. The first-order chi connectivity index (χ1) is 16.1. The monoisotopic (exact) mass is 490 g/mol. The van der Waals surface area contributed by atoms with E-state index in [4.69, 9.17) is 0 Å². The molecule has 0 saturated carbocycles. The summed E-state index contributed by atoms with van der Waals surface area (Å²) in [5.74, 6) is 0. The van der Waals surface area contributed by atoms with Gasteiger partial charge >= 0.3 is 6.18 Å². The van der Waals surface area contributed by atoms with Gasteiger partial charge < -0.3 is 0 Å². The number of sulfonamides is 1. The highest BCUT2D eigenvalue weighted by atomic mass is 32.2. The molecule has 3 aromatic heterocycles. The van der Waals surface area contributed by atoms with Crippen molar-refractivity contribution in [1.29, 1.82) is 0 Å². The summed E-state index contributed by atoms with van der Waals surface area (Å²) in [6.07, 6.45) is -0.895. The second-order valence-corrected chi connectivity index (χ2v) is 9.07. The van der Waals surface area contributed by atoms with E-state index in [0.29, 0.717) is 16.8 Å². The zero-order valence-electron chi connectivity index (χ0n) is 16.9. The van der Waals surface area contributed by atoms with Gasteiger partial charge in [-0.1, -0.05) is 12.1 Å². The Labute approximate surface area is 189 Å². The van der Waals surface area contributed by atoms with Crippen molar-refractivity contribution in [2.75, 3.05) is 4.41 Å². The Bertz CT molecular complexity index is 1550. The van der Waals surface area contributed by atoms with Crippen molar-refractivity contribution in [2.24, 2.45) is 0 Å². The summed E-state index contributed by atoms with van der Waals surface area (Å²) in [6.45, 7) is 0.0821. The Morgan fingerprint density at radius 3 is 2.44 bits per heavy atom. The first kappa shape index (κ1) is 21.8. The number of nitro groups is 1. The summed E-state index contributed by atoms with van der Waals surface area (Å²) < 4.78 is 67.4. The van der Waals surface area contributed by atoms with Crippen molar-refractivity contribution < 1.29 is 26.5 Å². The van der Waals surface area contributed by atoms with Gasteiger partial charge in [0.05, 0.1) is 40.8 Å². The Hall–Kier alpha value is -4.04. The molecule has 174 valence electrons. The van der Waals surface area contributed by atoms with Crippen LogP contribution in [-0.4, -0.2) is 27.7 Å². The molecule has 0 saturated heterocycles. The number of halogens is 3. The molecule has 4 heterocycles. The van der Waals surface area contributed by atoms with Gasteiger partial charge in [-0.05, 0) is 29.8 Å². The minimum Gasteiger partial charge on any atom is -0.282 e. The number of anilines is 1. The van der Waals surface area contributed by atoms with Crippen molar-refractivity contribution >= 4 is 27.0 Å². The number of hydrogen-bond acceptors (Lipinski definition) is 7. The summed E-state index contributed by atoms with van der Waals surface area (Å²) in [5.41, 5.74) is 3.19. The molecule has 1 N–H and O–H groups in total. The van der Waals surface area contributed by atoms with Crippen molar-refractivity contribution in [3.8, 4) is 11.1 Å². The van der Waals surface area contributed by atoms with Gasteiger partial charge in [0.2, 0.25) is 0 Å². The molecule has 34 heavy (non-hydrogen) atoms. The van der Waals surface area contributed by atoms with Crippen LogP contribution < -0.4 is 9.84 Å². The average Bonchev–Trinajstić information content (AvgIpc) is 3.42. The van der Waals surface area contributed by atoms with E-state index in [1.54, 1.807) is 0 Å². The van der Waals surface area contributed by atoms with E-state index in [-0.39, 0.29) is 28.6 Å². The number of nitrogens with zero attached hydrogens (tertiary/aromatic N) is 5. The third-order valence-electron chi connectivity index (χ3n) is 5.27. The molecule has 10 nitrogen and oxygen atoms in total. The van der Waals surface area contributed by atoms with E-state index in [2.05, 4.69) is 15.4 Å². The van der Waals surface area contributed by atoms with Gasteiger partial charge in [-0.15, -0.1) is 0 Å². The molecule has 5 rings (SSSR count). The Kier molecular flexibility index (Phi) is 4.80. The van der Waals surface area contributed by atoms with Gasteiger partial charge in [0.1, 0.15) is 5.65 Å². The smallest absolute Gasteiger partial charge is 0.282 e.